The zero-order valence-corrected chi connectivity index (χ0v) is 9.31. The number of carbonyl (C=O) groups excluding carboxylic acids is 1. The zero-order chi connectivity index (χ0) is 10.4. The predicted molar refractivity (Wildman–Crippen MR) is 58.2 cm³/mol. The molecule has 1 amide bonds. The summed E-state index contributed by atoms with van der Waals surface area (Å²) in [5, 5.41) is 6.35. The first-order valence-corrected chi connectivity index (χ1v) is 5.81. The summed E-state index contributed by atoms with van der Waals surface area (Å²) in [7, 11) is 0. The van der Waals surface area contributed by atoms with E-state index in [1.165, 1.54) is 12.8 Å². The molecule has 3 heteroatoms. The number of piperidine rings is 1. The first kappa shape index (κ1) is 11.5. The second-order valence-corrected chi connectivity index (χ2v) is 4.05. The van der Waals surface area contributed by atoms with E-state index < -0.39 is 0 Å². The third-order valence-electron chi connectivity index (χ3n) is 2.85. The molecule has 2 N–H and O–H groups in total. The molecule has 0 spiro atoms. The lowest BCUT2D eigenvalue weighted by Crippen LogP contribution is -2.51. The molecule has 0 saturated carbocycles. The predicted octanol–water partition coefficient (Wildman–Crippen LogP) is 1.43. The molecule has 14 heavy (non-hydrogen) atoms. The molecular formula is C11H22N2O. The van der Waals surface area contributed by atoms with E-state index in [9.17, 15) is 4.79 Å². The van der Waals surface area contributed by atoms with Gasteiger partial charge in [0.05, 0.1) is 6.04 Å². The van der Waals surface area contributed by atoms with E-state index >= 15 is 0 Å². The van der Waals surface area contributed by atoms with Crippen LogP contribution in [-0.2, 0) is 4.79 Å². The van der Waals surface area contributed by atoms with Crippen molar-refractivity contribution in [2.75, 3.05) is 6.54 Å². The van der Waals surface area contributed by atoms with Crippen LogP contribution in [0.1, 0.15) is 46.0 Å². The molecule has 2 unspecified atom stereocenters. The van der Waals surface area contributed by atoms with Gasteiger partial charge in [-0.1, -0.05) is 20.3 Å². The summed E-state index contributed by atoms with van der Waals surface area (Å²) >= 11 is 0. The molecule has 1 fully saturated rings. The summed E-state index contributed by atoms with van der Waals surface area (Å²) in [6, 6.07) is 0.564. The van der Waals surface area contributed by atoms with Crippen LogP contribution in [0.15, 0.2) is 0 Å². The number of hydrogen-bond donors (Lipinski definition) is 2. The third-order valence-corrected chi connectivity index (χ3v) is 2.85. The Labute approximate surface area is 86.6 Å². The first-order valence-electron chi connectivity index (χ1n) is 5.81. The van der Waals surface area contributed by atoms with E-state index in [4.69, 9.17) is 0 Å². The van der Waals surface area contributed by atoms with Gasteiger partial charge in [0.15, 0.2) is 0 Å². The Balaban J connectivity index is 2.35. The van der Waals surface area contributed by atoms with E-state index in [2.05, 4.69) is 24.5 Å². The zero-order valence-electron chi connectivity index (χ0n) is 9.31. The molecule has 1 rings (SSSR count). The molecule has 0 aromatic rings. The van der Waals surface area contributed by atoms with Gasteiger partial charge in [0, 0.05) is 12.6 Å². The normalized spacial score (nSPS) is 24.4. The number of amides is 1. The molecule has 3 nitrogen and oxygen atoms in total. The highest BCUT2D eigenvalue weighted by Crippen LogP contribution is 2.08. The minimum atomic E-state index is 0.0558. The van der Waals surface area contributed by atoms with E-state index in [-0.39, 0.29) is 11.9 Å². The maximum absolute atomic E-state index is 11.5. The van der Waals surface area contributed by atoms with Crippen molar-refractivity contribution in [3.63, 3.8) is 0 Å². The van der Waals surface area contributed by atoms with Crippen molar-refractivity contribution >= 4 is 5.91 Å². The fourth-order valence-electron chi connectivity index (χ4n) is 1.97. The molecule has 1 aliphatic heterocycles. The van der Waals surface area contributed by atoms with Crippen molar-refractivity contribution in [3.05, 3.63) is 0 Å². The van der Waals surface area contributed by atoms with Crippen LogP contribution in [0.2, 0.25) is 0 Å². The smallest absolute Gasteiger partial charge is 0.237 e. The van der Waals surface area contributed by atoms with Crippen LogP contribution in [0.4, 0.5) is 0 Å². The lowest BCUT2D eigenvalue weighted by Gasteiger charge is -2.27. The summed E-state index contributed by atoms with van der Waals surface area (Å²) in [5.41, 5.74) is 0. The summed E-state index contributed by atoms with van der Waals surface area (Å²) in [6.45, 7) is 5.21. The fourth-order valence-corrected chi connectivity index (χ4v) is 1.97. The van der Waals surface area contributed by atoms with E-state index in [0.717, 1.165) is 25.8 Å². The maximum atomic E-state index is 11.5. The molecule has 1 aliphatic rings. The number of hydrogen-bond acceptors (Lipinski definition) is 2. The minimum absolute atomic E-state index is 0.0558. The quantitative estimate of drug-likeness (QED) is 0.701. The van der Waals surface area contributed by atoms with Crippen molar-refractivity contribution in [1.29, 1.82) is 0 Å². The van der Waals surface area contributed by atoms with Gasteiger partial charge in [-0.15, -0.1) is 0 Å². The Morgan fingerprint density at radius 2 is 2.36 bits per heavy atom. The van der Waals surface area contributed by atoms with Gasteiger partial charge in [0.25, 0.3) is 0 Å². The minimum Gasteiger partial charge on any atom is -0.355 e. The largest absolute Gasteiger partial charge is 0.355 e. The highest BCUT2D eigenvalue weighted by molar-refractivity contribution is 5.82. The van der Waals surface area contributed by atoms with Crippen molar-refractivity contribution in [1.82, 2.24) is 10.6 Å². The van der Waals surface area contributed by atoms with Crippen molar-refractivity contribution in [2.45, 2.75) is 58.0 Å². The van der Waals surface area contributed by atoms with E-state index in [1.54, 1.807) is 0 Å². The van der Waals surface area contributed by atoms with Gasteiger partial charge in [-0.25, -0.2) is 0 Å². The van der Waals surface area contributed by atoms with Gasteiger partial charge in [-0.05, 0) is 25.7 Å². The maximum Gasteiger partial charge on any atom is 0.237 e. The molecule has 0 aromatic carbocycles. The molecule has 0 bridgehead atoms. The van der Waals surface area contributed by atoms with Crippen molar-refractivity contribution in [3.8, 4) is 0 Å². The first-order chi connectivity index (χ1) is 6.77. The molecule has 1 heterocycles. The Bertz CT molecular complexity index is 182. The van der Waals surface area contributed by atoms with Crippen molar-refractivity contribution in [2.24, 2.45) is 0 Å². The SMILES string of the molecule is CCCC(CC)NC1CCCNC1=O. The number of carbonyl (C=O) groups is 1. The van der Waals surface area contributed by atoms with Crippen LogP contribution >= 0.6 is 0 Å². The van der Waals surface area contributed by atoms with Crippen LogP contribution in [0.5, 0.6) is 0 Å². The summed E-state index contributed by atoms with van der Waals surface area (Å²) in [4.78, 5) is 11.5. The van der Waals surface area contributed by atoms with Gasteiger partial charge in [0.2, 0.25) is 5.91 Å². The molecule has 2 atom stereocenters. The van der Waals surface area contributed by atoms with Gasteiger partial charge in [0.1, 0.15) is 0 Å². The molecule has 0 aliphatic carbocycles. The topological polar surface area (TPSA) is 41.1 Å². The average molecular weight is 198 g/mol. The van der Waals surface area contributed by atoms with E-state index in [0.29, 0.717) is 6.04 Å². The molecule has 1 saturated heterocycles. The van der Waals surface area contributed by atoms with Crippen LogP contribution in [0, 0.1) is 0 Å². The second kappa shape index (κ2) is 6.02. The molecule has 82 valence electrons. The monoisotopic (exact) mass is 198 g/mol. The summed E-state index contributed by atoms with van der Waals surface area (Å²) in [6.07, 6.45) is 5.55. The average Bonchev–Trinajstić information content (AvgIpc) is 2.20. The van der Waals surface area contributed by atoms with Gasteiger partial charge in [-0.3, -0.25) is 4.79 Å². The Morgan fingerprint density at radius 1 is 1.57 bits per heavy atom. The molecule has 0 aromatic heterocycles. The highest BCUT2D eigenvalue weighted by atomic mass is 16.2. The Hall–Kier alpha value is -0.570. The molecular weight excluding hydrogens is 176 g/mol. The number of nitrogens with one attached hydrogen (secondary N) is 2. The lowest BCUT2D eigenvalue weighted by atomic mass is 10.0. The van der Waals surface area contributed by atoms with Crippen LogP contribution < -0.4 is 10.6 Å². The van der Waals surface area contributed by atoms with Gasteiger partial charge < -0.3 is 10.6 Å². The van der Waals surface area contributed by atoms with E-state index in [1.807, 2.05) is 0 Å². The van der Waals surface area contributed by atoms with Gasteiger partial charge in [-0.2, -0.15) is 0 Å². The van der Waals surface area contributed by atoms with Crippen LogP contribution in [0.3, 0.4) is 0 Å². The summed E-state index contributed by atoms with van der Waals surface area (Å²) < 4.78 is 0. The highest BCUT2D eigenvalue weighted by Gasteiger charge is 2.23. The van der Waals surface area contributed by atoms with Crippen LogP contribution in [-0.4, -0.2) is 24.5 Å². The standard InChI is InChI=1S/C11H22N2O/c1-3-6-9(4-2)13-10-7-5-8-12-11(10)14/h9-10,13H,3-8H2,1-2H3,(H,12,14). The lowest BCUT2D eigenvalue weighted by molar-refractivity contribution is -0.124. The summed E-state index contributed by atoms with van der Waals surface area (Å²) in [5.74, 6) is 0.186. The second-order valence-electron chi connectivity index (χ2n) is 4.05. The Kier molecular flexibility index (Phi) is 4.94. The fraction of sp³-hybridized carbons (Fsp3) is 0.909. The van der Waals surface area contributed by atoms with Crippen LogP contribution in [0.25, 0.3) is 0 Å². The van der Waals surface area contributed by atoms with Gasteiger partial charge >= 0.3 is 0 Å². The third kappa shape index (κ3) is 3.29. The van der Waals surface area contributed by atoms with Crippen molar-refractivity contribution < 1.29 is 4.79 Å². The molecule has 0 radical (unpaired) electrons. The number of rotatable bonds is 5. The Morgan fingerprint density at radius 3 is 2.93 bits per heavy atom.